The van der Waals surface area contributed by atoms with Gasteiger partial charge < -0.3 is 15.0 Å². The average Bonchev–Trinajstić information content (AvgIpc) is 3.64. The van der Waals surface area contributed by atoms with Gasteiger partial charge in [0.05, 0.1) is 18.1 Å². The summed E-state index contributed by atoms with van der Waals surface area (Å²) < 4.78 is 33.2. The summed E-state index contributed by atoms with van der Waals surface area (Å²) in [5.74, 6) is -1.55. The molecule has 0 unspecified atom stereocenters. The number of nitrogens with zero attached hydrogens (tertiary/aromatic N) is 2. The number of pyridine rings is 1. The maximum atomic E-state index is 13.8. The Balaban J connectivity index is 1.45. The van der Waals surface area contributed by atoms with Gasteiger partial charge in [-0.15, -0.1) is 0 Å². The Hall–Kier alpha value is -3.81. The normalized spacial score (nSPS) is 15.2. The molecule has 6 nitrogen and oxygen atoms in total. The fourth-order valence-corrected chi connectivity index (χ4v) is 3.83. The summed E-state index contributed by atoms with van der Waals surface area (Å²) in [4.78, 5) is 29.5. The van der Waals surface area contributed by atoms with Crippen LogP contribution in [0.2, 0.25) is 0 Å². The lowest BCUT2D eigenvalue weighted by Gasteiger charge is -2.27. The van der Waals surface area contributed by atoms with Crippen LogP contribution in [-0.2, 0) is 4.79 Å². The number of fused-ring (bicyclic) bond motifs is 1. The van der Waals surface area contributed by atoms with Crippen LogP contribution in [0.3, 0.4) is 0 Å². The first-order valence-electron chi connectivity index (χ1n) is 10.2. The van der Waals surface area contributed by atoms with E-state index in [1.807, 2.05) is 12.1 Å². The number of ether oxygens (including phenoxy) is 1. The average molecular weight is 435 g/mol. The zero-order valence-corrected chi connectivity index (χ0v) is 17.2. The summed E-state index contributed by atoms with van der Waals surface area (Å²) in [6.07, 6.45) is 3.83. The Morgan fingerprint density at radius 3 is 2.47 bits per heavy atom. The number of amides is 2. The monoisotopic (exact) mass is 435 g/mol. The highest BCUT2D eigenvalue weighted by Gasteiger charge is 2.31. The van der Waals surface area contributed by atoms with E-state index < -0.39 is 23.2 Å². The molecule has 0 radical (unpaired) electrons. The molecule has 2 heterocycles. The summed E-state index contributed by atoms with van der Waals surface area (Å²) in [7, 11) is 1.74. The minimum Gasteiger partial charge on any atom is -0.482 e. The van der Waals surface area contributed by atoms with Gasteiger partial charge in [0.2, 0.25) is 0 Å². The second-order valence-electron chi connectivity index (χ2n) is 7.93. The van der Waals surface area contributed by atoms with Crippen LogP contribution in [0.4, 0.5) is 20.2 Å². The van der Waals surface area contributed by atoms with Gasteiger partial charge in [-0.1, -0.05) is 12.1 Å². The Morgan fingerprint density at radius 2 is 1.81 bits per heavy atom. The van der Waals surface area contributed by atoms with Crippen molar-refractivity contribution in [1.82, 2.24) is 4.98 Å². The van der Waals surface area contributed by atoms with Crippen molar-refractivity contribution in [2.24, 2.45) is 0 Å². The first kappa shape index (κ1) is 20.1. The fourth-order valence-electron chi connectivity index (χ4n) is 3.83. The highest BCUT2D eigenvalue weighted by atomic mass is 19.1. The van der Waals surface area contributed by atoms with Crippen LogP contribution in [0.15, 0.2) is 48.8 Å². The molecule has 1 saturated carbocycles. The van der Waals surface area contributed by atoms with Crippen LogP contribution >= 0.6 is 0 Å². The number of halogens is 2. The third kappa shape index (κ3) is 3.57. The van der Waals surface area contributed by atoms with Gasteiger partial charge in [-0.25, -0.2) is 8.78 Å². The van der Waals surface area contributed by atoms with Gasteiger partial charge in [0.1, 0.15) is 11.4 Å². The smallest absolute Gasteiger partial charge is 0.264 e. The molecular formula is C24H19F2N3O3. The second kappa shape index (κ2) is 7.71. The Labute approximate surface area is 182 Å². The van der Waals surface area contributed by atoms with Crippen molar-refractivity contribution in [3.8, 4) is 16.9 Å². The molecule has 5 rings (SSSR count). The predicted octanol–water partition coefficient (Wildman–Crippen LogP) is 4.51. The Bertz CT molecular complexity index is 1220. The van der Waals surface area contributed by atoms with Crippen molar-refractivity contribution in [2.45, 2.75) is 18.8 Å². The van der Waals surface area contributed by atoms with Crippen LogP contribution in [-0.4, -0.2) is 30.5 Å². The third-order valence-corrected chi connectivity index (χ3v) is 5.78. The molecule has 0 bridgehead atoms. The van der Waals surface area contributed by atoms with Crippen molar-refractivity contribution in [3.63, 3.8) is 0 Å². The summed E-state index contributed by atoms with van der Waals surface area (Å²) in [5, 5.41) is 2.26. The number of nitrogens with one attached hydrogen (secondary N) is 1. The van der Waals surface area contributed by atoms with E-state index in [0.717, 1.165) is 47.6 Å². The number of carbonyl (C=O) groups excluding carboxylic acids is 2. The molecule has 2 amide bonds. The summed E-state index contributed by atoms with van der Waals surface area (Å²) in [6.45, 7) is -0.00699. The zero-order chi connectivity index (χ0) is 22.4. The molecule has 1 aromatic heterocycles. The number of carbonyl (C=O) groups is 2. The fraction of sp³-hybridized carbons (Fsp3) is 0.208. The first-order chi connectivity index (χ1) is 15.4. The molecule has 0 saturated heterocycles. The Morgan fingerprint density at radius 1 is 1.12 bits per heavy atom. The zero-order valence-electron chi connectivity index (χ0n) is 17.2. The van der Waals surface area contributed by atoms with Crippen LogP contribution in [0.1, 0.15) is 34.7 Å². The van der Waals surface area contributed by atoms with Crippen LogP contribution < -0.4 is 15.0 Å². The highest BCUT2D eigenvalue weighted by molar-refractivity contribution is 6.04. The van der Waals surface area contributed by atoms with E-state index in [-0.39, 0.29) is 18.1 Å². The van der Waals surface area contributed by atoms with E-state index in [2.05, 4.69) is 10.3 Å². The van der Waals surface area contributed by atoms with Gasteiger partial charge in [0.15, 0.2) is 18.2 Å². The van der Waals surface area contributed by atoms with Crippen LogP contribution in [0.5, 0.6) is 5.75 Å². The van der Waals surface area contributed by atoms with Gasteiger partial charge in [-0.3, -0.25) is 14.6 Å². The number of likely N-dealkylation sites (N-methyl/N-ethyl adjacent to an activating group) is 1. The lowest BCUT2D eigenvalue weighted by molar-refractivity contribution is -0.120. The molecule has 2 aliphatic rings. The first-order valence-corrected chi connectivity index (χ1v) is 10.2. The van der Waals surface area contributed by atoms with E-state index in [0.29, 0.717) is 11.7 Å². The molecule has 1 N–H and O–H groups in total. The van der Waals surface area contributed by atoms with E-state index in [9.17, 15) is 18.4 Å². The molecule has 8 heteroatoms. The molecule has 32 heavy (non-hydrogen) atoms. The minimum atomic E-state index is -0.943. The number of aromatic nitrogens is 1. The molecule has 3 aromatic rings. The SMILES string of the molecule is CN1C(=O)COc2cc(-c3ccc(C(=O)Nc4c(F)cncc4F)cc3)c(C3CC3)cc21. The van der Waals surface area contributed by atoms with Crippen molar-refractivity contribution in [2.75, 3.05) is 23.9 Å². The molecule has 1 aliphatic carbocycles. The standard InChI is InChI=1S/C24H19F2N3O3/c1-29-20-8-16(13-2-3-13)17(9-21(20)32-12-22(29)30)14-4-6-15(7-5-14)24(31)28-23-18(25)10-27-11-19(23)26/h4-11,13H,2-3,12H2,1H3,(H,27,28,31). The number of anilines is 2. The summed E-state index contributed by atoms with van der Waals surface area (Å²) in [5.41, 5.74) is 3.48. The summed E-state index contributed by atoms with van der Waals surface area (Å²) >= 11 is 0. The maximum Gasteiger partial charge on any atom is 0.264 e. The number of rotatable bonds is 4. The van der Waals surface area contributed by atoms with E-state index in [1.165, 1.54) is 0 Å². The third-order valence-electron chi connectivity index (χ3n) is 5.78. The summed E-state index contributed by atoms with van der Waals surface area (Å²) in [6, 6.07) is 10.7. The largest absolute Gasteiger partial charge is 0.482 e. The van der Waals surface area contributed by atoms with E-state index >= 15 is 0 Å². The number of hydrogen-bond donors (Lipinski definition) is 1. The maximum absolute atomic E-state index is 13.8. The van der Waals surface area contributed by atoms with Gasteiger partial charge in [0, 0.05) is 12.6 Å². The number of hydrogen-bond acceptors (Lipinski definition) is 4. The molecule has 162 valence electrons. The van der Waals surface area contributed by atoms with Crippen LogP contribution in [0, 0.1) is 11.6 Å². The van der Waals surface area contributed by atoms with E-state index in [1.54, 1.807) is 36.2 Å². The molecule has 1 aliphatic heterocycles. The quantitative estimate of drug-likeness (QED) is 0.655. The lowest BCUT2D eigenvalue weighted by Crippen LogP contribution is -2.35. The lowest BCUT2D eigenvalue weighted by atomic mass is 9.94. The van der Waals surface area contributed by atoms with Gasteiger partial charge in [-0.05, 0) is 59.7 Å². The minimum absolute atomic E-state index is 0.00699. The van der Waals surface area contributed by atoms with Crippen molar-refractivity contribution < 1.29 is 23.1 Å². The topological polar surface area (TPSA) is 71.5 Å². The second-order valence-corrected chi connectivity index (χ2v) is 7.93. The molecular weight excluding hydrogens is 416 g/mol. The highest BCUT2D eigenvalue weighted by Crippen LogP contribution is 2.48. The predicted molar refractivity (Wildman–Crippen MR) is 115 cm³/mol. The molecule has 0 spiro atoms. The van der Waals surface area contributed by atoms with Gasteiger partial charge in [0.25, 0.3) is 11.8 Å². The number of benzene rings is 2. The van der Waals surface area contributed by atoms with Crippen molar-refractivity contribution in [1.29, 1.82) is 0 Å². The molecule has 2 aromatic carbocycles. The molecule has 1 fully saturated rings. The van der Waals surface area contributed by atoms with Crippen LogP contribution in [0.25, 0.3) is 11.1 Å². The van der Waals surface area contributed by atoms with E-state index in [4.69, 9.17) is 4.74 Å². The Kier molecular flexibility index (Phi) is 4.84. The van der Waals surface area contributed by atoms with Crippen molar-refractivity contribution >= 4 is 23.2 Å². The van der Waals surface area contributed by atoms with Gasteiger partial charge >= 0.3 is 0 Å². The van der Waals surface area contributed by atoms with Gasteiger partial charge in [-0.2, -0.15) is 0 Å². The van der Waals surface area contributed by atoms with Crippen molar-refractivity contribution in [3.05, 3.63) is 71.6 Å². The molecule has 0 atom stereocenters.